The zero-order valence-electron chi connectivity index (χ0n) is 16.1. The number of hydrazone groups is 1. The quantitative estimate of drug-likeness (QED) is 0.347. The Morgan fingerprint density at radius 3 is 2.50 bits per heavy atom. The van der Waals surface area contributed by atoms with Crippen LogP contribution < -0.4 is 10.2 Å². The van der Waals surface area contributed by atoms with Crippen molar-refractivity contribution >= 4 is 18.1 Å². The molecule has 0 aliphatic heterocycles. The Morgan fingerprint density at radius 2 is 1.80 bits per heavy atom. The van der Waals surface area contributed by atoms with Crippen molar-refractivity contribution in [3.8, 4) is 17.1 Å². The van der Waals surface area contributed by atoms with Gasteiger partial charge in [-0.25, -0.2) is 14.6 Å². The molecule has 0 unspecified atom stereocenters. The topological polar surface area (TPSA) is 90.1 Å². The maximum absolute atomic E-state index is 12.8. The summed E-state index contributed by atoms with van der Waals surface area (Å²) in [5.41, 5.74) is 3.55. The molecule has 154 valence electrons. The number of nitrogens with zero attached hydrogens (tertiary/aromatic N) is 1. The van der Waals surface area contributed by atoms with Crippen molar-refractivity contribution in [3.63, 3.8) is 0 Å². The van der Waals surface area contributed by atoms with Crippen molar-refractivity contribution in [2.45, 2.75) is 6.92 Å². The van der Waals surface area contributed by atoms with E-state index in [2.05, 4.69) is 10.5 Å². The first kappa shape index (κ1) is 20.8. The molecule has 0 saturated heterocycles. The minimum absolute atomic E-state index is 0.265. The summed E-state index contributed by atoms with van der Waals surface area (Å²) < 4.78 is 28.6. The zero-order valence-corrected chi connectivity index (χ0v) is 16.1. The standard InChI is InChI=1S/C22H19FN2O5/c1-2-28-22(27)16-5-3-15(4-6-16)20-12-11-19(30-20)13-24-25-21(26)14-29-18-9-7-17(23)8-10-18/h3-13H,2,14H2,1H3,(H,25,26)/b24-13+. The van der Waals surface area contributed by atoms with E-state index in [0.717, 1.165) is 5.56 Å². The van der Waals surface area contributed by atoms with Crippen LogP contribution >= 0.6 is 0 Å². The molecule has 0 bridgehead atoms. The van der Waals surface area contributed by atoms with Crippen LogP contribution in [0.25, 0.3) is 11.3 Å². The van der Waals surface area contributed by atoms with E-state index in [-0.39, 0.29) is 18.4 Å². The molecule has 7 nitrogen and oxygen atoms in total. The molecule has 0 spiro atoms. The number of nitrogens with one attached hydrogen (secondary N) is 1. The summed E-state index contributed by atoms with van der Waals surface area (Å²) in [6.07, 6.45) is 1.35. The van der Waals surface area contributed by atoms with Gasteiger partial charge in [0, 0.05) is 5.56 Å². The van der Waals surface area contributed by atoms with E-state index in [9.17, 15) is 14.0 Å². The Hall–Kier alpha value is -3.94. The second-order valence-electron chi connectivity index (χ2n) is 6.04. The highest BCUT2D eigenvalue weighted by molar-refractivity contribution is 5.90. The fourth-order valence-corrected chi connectivity index (χ4v) is 2.44. The third-order valence-corrected chi connectivity index (χ3v) is 3.87. The van der Waals surface area contributed by atoms with Gasteiger partial charge in [0.15, 0.2) is 6.61 Å². The predicted molar refractivity (Wildman–Crippen MR) is 108 cm³/mol. The summed E-state index contributed by atoms with van der Waals surface area (Å²) in [4.78, 5) is 23.4. The van der Waals surface area contributed by atoms with Crippen molar-refractivity contribution in [2.75, 3.05) is 13.2 Å². The van der Waals surface area contributed by atoms with Crippen LogP contribution in [-0.2, 0) is 9.53 Å². The second-order valence-corrected chi connectivity index (χ2v) is 6.04. The summed E-state index contributed by atoms with van der Waals surface area (Å²) in [5.74, 6) is 0.147. The Kier molecular flexibility index (Phi) is 6.94. The van der Waals surface area contributed by atoms with E-state index in [1.54, 1.807) is 43.3 Å². The number of hydrogen-bond acceptors (Lipinski definition) is 6. The normalized spacial score (nSPS) is 10.7. The van der Waals surface area contributed by atoms with Gasteiger partial charge in [0.25, 0.3) is 5.91 Å². The van der Waals surface area contributed by atoms with Crippen molar-refractivity contribution in [3.05, 3.63) is 77.8 Å². The number of carbonyl (C=O) groups excluding carboxylic acids is 2. The fraction of sp³-hybridized carbons (Fsp3) is 0.136. The van der Waals surface area contributed by atoms with Crippen molar-refractivity contribution < 1.29 is 27.9 Å². The number of carbonyl (C=O) groups is 2. The maximum Gasteiger partial charge on any atom is 0.338 e. The first-order chi connectivity index (χ1) is 14.5. The van der Waals surface area contributed by atoms with Gasteiger partial charge in [-0.15, -0.1) is 0 Å². The molecular weight excluding hydrogens is 391 g/mol. The number of amides is 1. The Labute approximate surface area is 172 Å². The van der Waals surface area contributed by atoms with Crippen molar-refractivity contribution in [2.24, 2.45) is 5.10 Å². The largest absolute Gasteiger partial charge is 0.484 e. The molecule has 2 aromatic carbocycles. The molecule has 1 amide bonds. The summed E-state index contributed by atoms with van der Waals surface area (Å²) >= 11 is 0. The smallest absolute Gasteiger partial charge is 0.338 e. The number of benzene rings is 2. The first-order valence-corrected chi connectivity index (χ1v) is 9.13. The predicted octanol–water partition coefficient (Wildman–Crippen LogP) is 3.79. The van der Waals surface area contributed by atoms with Gasteiger partial charge in [0.05, 0.1) is 18.4 Å². The molecule has 0 aliphatic rings. The SMILES string of the molecule is CCOC(=O)c1ccc(-c2ccc(/C=N/NC(=O)COc3ccc(F)cc3)o2)cc1. The minimum Gasteiger partial charge on any atom is -0.484 e. The molecule has 0 aliphatic carbocycles. The number of halogens is 1. The van der Waals surface area contributed by atoms with Crippen LogP contribution in [0.1, 0.15) is 23.0 Å². The first-order valence-electron chi connectivity index (χ1n) is 9.13. The third-order valence-electron chi connectivity index (χ3n) is 3.87. The molecule has 30 heavy (non-hydrogen) atoms. The lowest BCUT2D eigenvalue weighted by Crippen LogP contribution is -2.24. The van der Waals surface area contributed by atoms with Gasteiger partial charge < -0.3 is 13.9 Å². The highest BCUT2D eigenvalue weighted by Crippen LogP contribution is 2.22. The molecule has 0 saturated carbocycles. The Morgan fingerprint density at radius 1 is 1.07 bits per heavy atom. The van der Waals surface area contributed by atoms with Crippen LogP contribution in [-0.4, -0.2) is 31.3 Å². The van der Waals surface area contributed by atoms with Gasteiger partial charge in [0.2, 0.25) is 0 Å². The number of furan rings is 1. The lowest BCUT2D eigenvalue weighted by molar-refractivity contribution is -0.123. The molecule has 1 N–H and O–H groups in total. The van der Waals surface area contributed by atoms with Gasteiger partial charge in [0.1, 0.15) is 23.1 Å². The van der Waals surface area contributed by atoms with E-state index in [0.29, 0.717) is 29.4 Å². The van der Waals surface area contributed by atoms with Crippen LogP contribution in [0.3, 0.4) is 0 Å². The lowest BCUT2D eigenvalue weighted by atomic mass is 10.1. The van der Waals surface area contributed by atoms with Crippen LogP contribution in [0.2, 0.25) is 0 Å². The summed E-state index contributed by atoms with van der Waals surface area (Å²) in [7, 11) is 0. The van der Waals surface area contributed by atoms with Crippen LogP contribution in [0.4, 0.5) is 4.39 Å². The summed E-state index contributed by atoms with van der Waals surface area (Å²) in [6, 6.07) is 15.6. The van der Waals surface area contributed by atoms with Crippen molar-refractivity contribution in [1.29, 1.82) is 0 Å². The molecular formula is C22H19FN2O5. The molecule has 1 heterocycles. The minimum atomic E-state index is -0.475. The lowest BCUT2D eigenvalue weighted by Gasteiger charge is -2.04. The maximum atomic E-state index is 12.8. The van der Waals surface area contributed by atoms with E-state index in [1.165, 1.54) is 30.5 Å². The highest BCUT2D eigenvalue weighted by atomic mass is 19.1. The second kappa shape index (κ2) is 10.0. The number of ether oxygens (including phenoxy) is 2. The van der Waals surface area contributed by atoms with Gasteiger partial charge in [-0.2, -0.15) is 5.10 Å². The number of esters is 1. The summed E-state index contributed by atoms with van der Waals surface area (Å²) in [6.45, 7) is 1.80. The molecule has 3 aromatic rings. The fourth-order valence-electron chi connectivity index (χ4n) is 2.44. The third kappa shape index (κ3) is 5.78. The molecule has 1 aromatic heterocycles. The monoisotopic (exact) mass is 410 g/mol. The highest BCUT2D eigenvalue weighted by Gasteiger charge is 2.08. The molecule has 0 fully saturated rings. The molecule has 3 rings (SSSR count). The van der Waals surface area contributed by atoms with Crippen LogP contribution in [0.15, 0.2) is 70.2 Å². The molecule has 0 atom stereocenters. The van der Waals surface area contributed by atoms with Gasteiger partial charge >= 0.3 is 5.97 Å². The van der Waals surface area contributed by atoms with E-state index < -0.39 is 5.91 Å². The van der Waals surface area contributed by atoms with Crippen LogP contribution in [0.5, 0.6) is 5.75 Å². The van der Waals surface area contributed by atoms with E-state index in [4.69, 9.17) is 13.9 Å². The molecule has 8 heteroatoms. The van der Waals surface area contributed by atoms with Gasteiger partial charge in [-0.1, -0.05) is 12.1 Å². The van der Waals surface area contributed by atoms with E-state index in [1.807, 2.05) is 0 Å². The van der Waals surface area contributed by atoms with E-state index >= 15 is 0 Å². The average Bonchev–Trinajstić information content (AvgIpc) is 3.22. The number of rotatable bonds is 8. The van der Waals surface area contributed by atoms with Crippen LogP contribution in [0, 0.1) is 5.82 Å². The van der Waals surface area contributed by atoms with Gasteiger partial charge in [-0.05, 0) is 55.5 Å². The van der Waals surface area contributed by atoms with Crippen molar-refractivity contribution in [1.82, 2.24) is 5.43 Å². The Bertz CT molecular complexity index is 1030. The number of hydrogen-bond donors (Lipinski definition) is 1. The zero-order chi connectivity index (χ0) is 21.3. The summed E-state index contributed by atoms with van der Waals surface area (Å²) in [5, 5.41) is 3.81. The molecule has 0 radical (unpaired) electrons. The average molecular weight is 410 g/mol. The Balaban J connectivity index is 1.51. The van der Waals surface area contributed by atoms with Gasteiger partial charge in [-0.3, -0.25) is 4.79 Å².